The van der Waals surface area contributed by atoms with Crippen LogP contribution in [-0.2, 0) is 22.6 Å². The Labute approximate surface area is 153 Å². The molecule has 5 heteroatoms. The maximum atomic E-state index is 12.5. The quantitative estimate of drug-likeness (QED) is 0.797. The van der Waals surface area contributed by atoms with Gasteiger partial charge in [0.05, 0.1) is 6.42 Å². The largest absolute Gasteiger partial charge is 0.342 e. The Hall–Kier alpha value is -2.14. The zero-order valence-corrected chi connectivity index (χ0v) is 15.4. The molecule has 2 aromatic rings. The fraction of sp³-hybridized carbons (Fsp3) is 0.400. The summed E-state index contributed by atoms with van der Waals surface area (Å²) in [5, 5.41) is 4.02. The van der Waals surface area contributed by atoms with Gasteiger partial charge in [-0.3, -0.25) is 9.59 Å². The highest BCUT2D eigenvalue weighted by Crippen LogP contribution is 2.22. The Balaban J connectivity index is 1.45. The summed E-state index contributed by atoms with van der Waals surface area (Å²) in [5.41, 5.74) is 2.22. The minimum absolute atomic E-state index is 0.154. The zero-order chi connectivity index (χ0) is 17.6. The van der Waals surface area contributed by atoms with Gasteiger partial charge in [-0.25, -0.2) is 0 Å². The SMILES string of the molecule is CN(Cc1ccccc1)C(=O)CC1CCN(C(=O)Cc2ccsc2)C1. The molecule has 132 valence electrons. The number of benzene rings is 1. The summed E-state index contributed by atoms with van der Waals surface area (Å²) in [5.74, 6) is 0.601. The van der Waals surface area contributed by atoms with Crippen LogP contribution in [0, 0.1) is 5.92 Å². The summed E-state index contributed by atoms with van der Waals surface area (Å²) >= 11 is 1.62. The van der Waals surface area contributed by atoms with Crippen LogP contribution in [0.3, 0.4) is 0 Å². The lowest BCUT2D eigenvalue weighted by atomic mass is 10.0. The molecule has 0 aliphatic carbocycles. The van der Waals surface area contributed by atoms with Crippen molar-refractivity contribution in [3.05, 3.63) is 58.3 Å². The summed E-state index contributed by atoms with van der Waals surface area (Å²) in [4.78, 5) is 28.5. The summed E-state index contributed by atoms with van der Waals surface area (Å²) in [7, 11) is 1.85. The van der Waals surface area contributed by atoms with Crippen LogP contribution in [0.15, 0.2) is 47.2 Å². The summed E-state index contributed by atoms with van der Waals surface area (Å²) in [6.07, 6.45) is 1.91. The first-order valence-corrected chi connectivity index (χ1v) is 9.63. The first-order chi connectivity index (χ1) is 12.1. The van der Waals surface area contributed by atoms with Crippen molar-refractivity contribution in [3.8, 4) is 0 Å². The van der Waals surface area contributed by atoms with E-state index in [2.05, 4.69) is 0 Å². The van der Waals surface area contributed by atoms with E-state index in [1.165, 1.54) is 0 Å². The van der Waals surface area contributed by atoms with Gasteiger partial charge in [0.2, 0.25) is 11.8 Å². The number of thiophene rings is 1. The molecule has 0 saturated carbocycles. The van der Waals surface area contributed by atoms with Gasteiger partial charge in [0.25, 0.3) is 0 Å². The fourth-order valence-corrected chi connectivity index (χ4v) is 3.92. The van der Waals surface area contributed by atoms with E-state index in [4.69, 9.17) is 0 Å². The van der Waals surface area contributed by atoms with Crippen LogP contribution in [0.4, 0.5) is 0 Å². The molecule has 1 aliphatic rings. The van der Waals surface area contributed by atoms with Gasteiger partial charge in [-0.05, 0) is 40.3 Å². The third-order valence-electron chi connectivity index (χ3n) is 4.73. The summed E-state index contributed by atoms with van der Waals surface area (Å²) in [6.45, 7) is 2.10. The molecule has 0 spiro atoms. The molecule has 0 radical (unpaired) electrons. The van der Waals surface area contributed by atoms with E-state index in [1.54, 1.807) is 16.2 Å². The van der Waals surface area contributed by atoms with Gasteiger partial charge in [-0.15, -0.1) is 0 Å². The number of carbonyl (C=O) groups is 2. The third-order valence-corrected chi connectivity index (χ3v) is 5.46. The first kappa shape index (κ1) is 17.7. The summed E-state index contributed by atoms with van der Waals surface area (Å²) < 4.78 is 0. The predicted molar refractivity (Wildman–Crippen MR) is 100 cm³/mol. The highest BCUT2D eigenvalue weighted by Gasteiger charge is 2.28. The van der Waals surface area contributed by atoms with E-state index in [9.17, 15) is 9.59 Å². The average Bonchev–Trinajstić information content (AvgIpc) is 3.27. The van der Waals surface area contributed by atoms with Gasteiger partial charge in [-0.2, -0.15) is 11.3 Å². The Morgan fingerprint density at radius 3 is 2.72 bits per heavy atom. The molecule has 1 aromatic carbocycles. The number of nitrogens with zero attached hydrogens (tertiary/aromatic N) is 2. The second-order valence-electron chi connectivity index (χ2n) is 6.74. The highest BCUT2D eigenvalue weighted by molar-refractivity contribution is 7.08. The lowest BCUT2D eigenvalue weighted by molar-refractivity contribution is -0.132. The smallest absolute Gasteiger partial charge is 0.227 e. The number of hydrogen-bond donors (Lipinski definition) is 0. The van der Waals surface area contributed by atoms with E-state index in [-0.39, 0.29) is 17.7 Å². The maximum Gasteiger partial charge on any atom is 0.227 e. The average molecular weight is 356 g/mol. The maximum absolute atomic E-state index is 12.5. The minimum atomic E-state index is 0.154. The van der Waals surface area contributed by atoms with Gasteiger partial charge in [0.1, 0.15) is 0 Å². The molecule has 3 rings (SSSR count). The molecule has 25 heavy (non-hydrogen) atoms. The van der Waals surface area contributed by atoms with Gasteiger partial charge in [0.15, 0.2) is 0 Å². The van der Waals surface area contributed by atoms with Crippen LogP contribution in [0.2, 0.25) is 0 Å². The zero-order valence-electron chi connectivity index (χ0n) is 14.6. The second kappa shape index (κ2) is 8.30. The molecular weight excluding hydrogens is 332 g/mol. The number of carbonyl (C=O) groups excluding carboxylic acids is 2. The summed E-state index contributed by atoms with van der Waals surface area (Å²) in [6, 6.07) is 12.0. The molecule has 1 atom stereocenters. The highest BCUT2D eigenvalue weighted by atomic mass is 32.1. The lowest BCUT2D eigenvalue weighted by Gasteiger charge is -2.20. The van der Waals surface area contributed by atoms with Crippen molar-refractivity contribution in [2.45, 2.75) is 25.8 Å². The van der Waals surface area contributed by atoms with Gasteiger partial charge in [-0.1, -0.05) is 30.3 Å². The Bertz CT molecular complexity index is 700. The van der Waals surface area contributed by atoms with Crippen molar-refractivity contribution >= 4 is 23.2 Å². The van der Waals surface area contributed by atoms with Crippen LogP contribution in [0.25, 0.3) is 0 Å². The molecule has 2 amide bonds. The van der Waals surface area contributed by atoms with E-state index in [0.717, 1.165) is 24.1 Å². The standard InChI is InChI=1S/C20H24N2O2S/c1-21(13-16-5-3-2-4-6-16)19(23)11-17-7-9-22(14-17)20(24)12-18-8-10-25-15-18/h2-6,8,10,15,17H,7,9,11-14H2,1H3. The fourth-order valence-electron chi connectivity index (χ4n) is 3.25. The van der Waals surface area contributed by atoms with Gasteiger partial charge >= 0.3 is 0 Å². The van der Waals surface area contributed by atoms with Crippen molar-refractivity contribution in [2.24, 2.45) is 5.92 Å². The Kier molecular flexibility index (Phi) is 5.87. The van der Waals surface area contributed by atoms with E-state index < -0.39 is 0 Å². The second-order valence-corrected chi connectivity index (χ2v) is 7.52. The van der Waals surface area contributed by atoms with Crippen molar-refractivity contribution in [2.75, 3.05) is 20.1 Å². The Morgan fingerprint density at radius 1 is 1.20 bits per heavy atom. The molecule has 2 heterocycles. The first-order valence-electron chi connectivity index (χ1n) is 8.68. The minimum Gasteiger partial charge on any atom is -0.342 e. The van der Waals surface area contributed by atoms with Crippen molar-refractivity contribution in [1.29, 1.82) is 0 Å². The van der Waals surface area contributed by atoms with E-state index in [0.29, 0.717) is 25.9 Å². The third kappa shape index (κ3) is 4.92. The van der Waals surface area contributed by atoms with Crippen molar-refractivity contribution in [1.82, 2.24) is 9.80 Å². The van der Waals surface area contributed by atoms with Crippen molar-refractivity contribution in [3.63, 3.8) is 0 Å². The molecule has 1 unspecified atom stereocenters. The molecule has 1 saturated heterocycles. The molecule has 0 N–H and O–H groups in total. The lowest BCUT2D eigenvalue weighted by Crippen LogP contribution is -2.32. The molecule has 1 aliphatic heterocycles. The van der Waals surface area contributed by atoms with E-state index in [1.807, 2.05) is 59.1 Å². The van der Waals surface area contributed by atoms with Crippen LogP contribution in [0.1, 0.15) is 24.0 Å². The number of rotatable bonds is 6. The predicted octanol–water partition coefficient (Wildman–Crippen LogP) is 3.19. The monoisotopic (exact) mass is 356 g/mol. The van der Waals surface area contributed by atoms with Crippen LogP contribution < -0.4 is 0 Å². The van der Waals surface area contributed by atoms with E-state index >= 15 is 0 Å². The van der Waals surface area contributed by atoms with Crippen LogP contribution in [-0.4, -0.2) is 41.8 Å². The molecule has 4 nitrogen and oxygen atoms in total. The van der Waals surface area contributed by atoms with Crippen LogP contribution >= 0.6 is 11.3 Å². The number of amides is 2. The molecule has 1 fully saturated rings. The van der Waals surface area contributed by atoms with Crippen LogP contribution in [0.5, 0.6) is 0 Å². The Morgan fingerprint density at radius 2 is 2.00 bits per heavy atom. The molecule has 0 bridgehead atoms. The number of hydrogen-bond acceptors (Lipinski definition) is 3. The molecular formula is C20H24N2O2S. The van der Waals surface area contributed by atoms with Gasteiger partial charge in [0, 0.05) is 33.1 Å². The number of likely N-dealkylation sites (tertiary alicyclic amines) is 1. The molecule has 1 aromatic heterocycles. The van der Waals surface area contributed by atoms with Gasteiger partial charge < -0.3 is 9.80 Å². The normalized spacial score (nSPS) is 16.8. The topological polar surface area (TPSA) is 40.6 Å². The van der Waals surface area contributed by atoms with Crippen molar-refractivity contribution < 1.29 is 9.59 Å².